The summed E-state index contributed by atoms with van der Waals surface area (Å²) in [5.41, 5.74) is 0.0571. The number of benzene rings is 1. The average molecular weight is 321 g/mol. The maximum absolute atomic E-state index is 11.9. The summed E-state index contributed by atoms with van der Waals surface area (Å²) in [5.74, 6) is -0.207. The molecule has 0 unspecified atom stereocenters. The highest BCUT2D eigenvalue weighted by molar-refractivity contribution is 9.10. The Hall–Kier alpha value is -0.580. The van der Waals surface area contributed by atoms with E-state index in [1.165, 1.54) is 0 Å². The first-order chi connectivity index (χ1) is 7.85. The fourth-order valence-corrected chi connectivity index (χ4v) is 1.70. The number of methoxy groups -OCH3 is 1. The lowest BCUT2D eigenvalue weighted by Crippen LogP contribution is -2.39. The average Bonchev–Trinajstić information content (AvgIpc) is 2.29. The van der Waals surface area contributed by atoms with Crippen molar-refractivity contribution in [2.45, 2.75) is 19.4 Å². The van der Waals surface area contributed by atoms with Crippen LogP contribution in [0.25, 0.3) is 0 Å². The highest BCUT2D eigenvalue weighted by Crippen LogP contribution is 2.21. The van der Waals surface area contributed by atoms with Crippen LogP contribution in [-0.2, 0) is 4.74 Å². The maximum atomic E-state index is 11.9. The molecule has 0 aliphatic heterocycles. The zero-order valence-electron chi connectivity index (χ0n) is 10.0. The van der Waals surface area contributed by atoms with Gasteiger partial charge in [0.1, 0.15) is 0 Å². The number of nitrogens with one attached hydrogen (secondary N) is 1. The molecule has 0 saturated carbocycles. The molecule has 0 aliphatic carbocycles. The van der Waals surface area contributed by atoms with Gasteiger partial charge in [-0.15, -0.1) is 0 Å². The predicted molar refractivity (Wildman–Crippen MR) is 72.6 cm³/mol. The Kier molecular flexibility index (Phi) is 4.98. The molecular weight excluding hydrogens is 305 g/mol. The van der Waals surface area contributed by atoms with E-state index in [-0.39, 0.29) is 5.91 Å². The van der Waals surface area contributed by atoms with E-state index in [1.54, 1.807) is 25.3 Å². The summed E-state index contributed by atoms with van der Waals surface area (Å²) in [5, 5.41) is 3.22. The van der Waals surface area contributed by atoms with Gasteiger partial charge in [0.2, 0.25) is 0 Å². The molecular formula is C12H15BrClNO2. The molecule has 0 fully saturated rings. The van der Waals surface area contributed by atoms with Gasteiger partial charge in [-0.05, 0) is 32.0 Å². The van der Waals surface area contributed by atoms with Crippen molar-refractivity contribution < 1.29 is 9.53 Å². The third kappa shape index (κ3) is 4.30. The summed E-state index contributed by atoms with van der Waals surface area (Å²) < 4.78 is 6.04. The zero-order chi connectivity index (χ0) is 13.1. The van der Waals surface area contributed by atoms with Crippen molar-refractivity contribution >= 4 is 33.4 Å². The number of amides is 1. The van der Waals surface area contributed by atoms with Gasteiger partial charge in [0.25, 0.3) is 5.91 Å². The Morgan fingerprint density at radius 3 is 2.76 bits per heavy atom. The summed E-state index contributed by atoms with van der Waals surface area (Å²) >= 11 is 9.27. The van der Waals surface area contributed by atoms with E-state index in [2.05, 4.69) is 21.2 Å². The number of halogens is 2. The lowest BCUT2D eigenvalue weighted by atomic mass is 10.1. The van der Waals surface area contributed by atoms with E-state index in [4.69, 9.17) is 16.3 Å². The van der Waals surface area contributed by atoms with Crippen molar-refractivity contribution in [2.24, 2.45) is 0 Å². The third-order valence-corrected chi connectivity index (χ3v) is 3.22. The number of carbonyl (C=O) groups excluding carboxylic acids is 1. The van der Waals surface area contributed by atoms with Crippen LogP contribution < -0.4 is 5.32 Å². The summed E-state index contributed by atoms with van der Waals surface area (Å²) in [4.78, 5) is 11.9. The van der Waals surface area contributed by atoms with Crippen LogP contribution >= 0.6 is 27.5 Å². The van der Waals surface area contributed by atoms with Gasteiger partial charge >= 0.3 is 0 Å². The maximum Gasteiger partial charge on any atom is 0.252 e. The number of ether oxygens (including phenoxy) is 1. The van der Waals surface area contributed by atoms with Gasteiger partial charge in [0, 0.05) is 18.1 Å². The second-order valence-electron chi connectivity index (χ2n) is 4.27. The fraction of sp³-hybridized carbons (Fsp3) is 0.417. The van der Waals surface area contributed by atoms with Crippen LogP contribution in [0.2, 0.25) is 5.02 Å². The van der Waals surface area contributed by atoms with Gasteiger partial charge in [-0.1, -0.05) is 27.5 Å². The monoisotopic (exact) mass is 319 g/mol. The summed E-state index contributed by atoms with van der Waals surface area (Å²) in [6.07, 6.45) is 0. The topological polar surface area (TPSA) is 38.3 Å². The molecule has 17 heavy (non-hydrogen) atoms. The van der Waals surface area contributed by atoms with E-state index >= 15 is 0 Å². The first-order valence-electron chi connectivity index (χ1n) is 5.14. The third-order valence-electron chi connectivity index (χ3n) is 2.40. The highest BCUT2D eigenvalue weighted by Gasteiger charge is 2.19. The number of carbonyl (C=O) groups is 1. The van der Waals surface area contributed by atoms with Crippen molar-refractivity contribution in [3.8, 4) is 0 Å². The number of rotatable bonds is 4. The fourth-order valence-electron chi connectivity index (χ4n) is 1.13. The van der Waals surface area contributed by atoms with Crippen LogP contribution in [-0.4, -0.2) is 25.2 Å². The van der Waals surface area contributed by atoms with E-state index in [9.17, 15) is 4.79 Å². The molecule has 3 nitrogen and oxygen atoms in total. The molecule has 0 aromatic heterocycles. The summed E-state index contributed by atoms with van der Waals surface area (Å²) in [6.45, 7) is 4.22. The van der Waals surface area contributed by atoms with Gasteiger partial charge in [-0.3, -0.25) is 4.79 Å². The van der Waals surface area contributed by atoms with E-state index in [0.29, 0.717) is 17.1 Å². The van der Waals surface area contributed by atoms with E-state index in [0.717, 1.165) is 4.47 Å². The standard InChI is InChI=1S/C12H15BrClNO2/c1-12(2,17-3)7-15-11(16)9-6-8(13)4-5-10(9)14/h4-6H,7H2,1-3H3,(H,15,16). The van der Waals surface area contributed by atoms with Gasteiger partial charge in [-0.25, -0.2) is 0 Å². The number of hydrogen-bond donors (Lipinski definition) is 1. The predicted octanol–water partition coefficient (Wildman–Crippen LogP) is 3.26. The molecule has 0 heterocycles. The first kappa shape index (κ1) is 14.5. The molecule has 0 spiro atoms. The molecule has 0 bridgehead atoms. The minimum Gasteiger partial charge on any atom is -0.377 e. The molecule has 1 rings (SSSR count). The van der Waals surface area contributed by atoms with Crippen LogP contribution in [0.5, 0.6) is 0 Å². The Morgan fingerprint density at radius 2 is 2.18 bits per heavy atom. The van der Waals surface area contributed by atoms with Crippen molar-refractivity contribution in [3.05, 3.63) is 33.3 Å². The van der Waals surface area contributed by atoms with Crippen molar-refractivity contribution in [2.75, 3.05) is 13.7 Å². The van der Waals surface area contributed by atoms with E-state index in [1.807, 2.05) is 13.8 Å². The molecule has 94 valence electrons. The van der Waals surface area contributed by atoms with Crippen molar-refractivity contribution in [3.63, 3.8) is 0 Å². The Bertz CT molecular complexity index is 421. The summed E-state index contributed by atoms with van der Waals surface area (Å²) in [6, 6.07) is 5.16. The normalized spacial score (nSPS) is 11.4. The number of hydrogen-bond acceptors (Lipinski definition) is 2. The molecule has 0 saturated heterocycles. The molecule has 1 aromatic rings. The molecule has 1 amide bonds. The Labute approximate surface area is 115 Å². The van der Waals surface area contributed by atoms with Crippen LogP contribution in [0.1, 0.15) is 24.2 Å². The summed E-state index contributed by atoms with van der Waals surface area (Å²) in [7, 11) is 1.61. The Balaban J connectivity index is 2.74. The van der Waals surface area contributed by atoms with Crippen molar-refractivity contribution in [1.82, 2.24) is 5.32 Å². The minimum atomic E-state index is -0.395. The van der Waals surface area contributed by atoms with Gasteiger partial charge < -0.3 is 10.1 Å². The minimum absolute atomic E-state index is 0.207. The van der Waals surface area contributed by atoms with Crippen LogP contribution in [0.15, 0.2) is 22.7 Å². The molecule has 5 heteroatoms. The molecule has 1 N–H and O–H groups in total. The first-order valence-corrected chi connectivity index (χ1v) is 6.31. The Morgan fingerprint density at radius 1 is 1.53 bits per heavy atom. The molecule has 0 aliphatic rings. The molecule has 1 aromatic carbocycles. The van der Waals surface area contributed by atoms with E-state index < -0.39 is 5.60 Å². The highest BCUT2D eigenvalue weighted by atomic mass is 79.9. The van der Waals surface area contributed by atoms with Crippen LogP contribution in [0.3, 0.4) is 0 Å². The molecule has 0 radical (unpaired) electrons. The second-order valence-corrected chi connectivity index (χ2v) is 5.59. The van der Waals surface area contributed by atoms with Crippen molar-refractivity contribution in [1.29, 1.82) is 0 Å². The van der Waals surface area contributed by atoms with Gasteiger partial charge in [0.05, 0.1) is 16.2 Å². The van der Waals surface area contributed by atoms with Gasteiger partial charge in [-0.2, -0.15) is 0 Å². The quantitative estimate of drug-likeness (QED) is 0.925. The van der Waals surface area contributed by atoms with Gasteiger partial charge in [0.15, 0.2) is 0 Å². The van der Waals surface area contributed by atoms with Crippen LogP contribution in [0.4, 0.5) is 0 Å². The molecule has 0 atom stereocenters. The largest absolute Gasteiger partial charge is 0.377 e. The lowest BCUT2D eigenvalue weighted by molar-refractivity contribution is 0.0229. The van der Waals surface area contributed by atoms with Crippen LogP contribution in [0, 0.1) is 0 Å². The smallest absolute Gasteiger partial charge is 0.252 e. The zero-order valence-corrected chi connectivity index (χ0v) is 12.4. The second kappa shape index (κ2) is 5.85. The lowest BCUT2D eigenvalue weighted by Gasteiger charge is -2.23. The SMILES string of the molecule is COC(C)(C)CNC(=O)c1cc(Br)ccc1Cl.